The van der Waals surface area contributed by atoms with Crippen molar-refractivity contribution in [2.24, 2.45) is 0 Å². The van der Waals surface area contributed by atoms with Crippen LogP contribution < -0.4 is 5.32 Å². The molecule has 0 aliphatic rings. The molecule has 20 heavy (non-hydrogen) atoms. The van der Waals surface area contributed by atoms with E-state index in [0.29, 0.717) is 17.7 Å². The largest absolute Gasteiger partial charge is 0.465 e. The molecule has 1 N–H and O–H groups in total. The Balaban J connectivity index is 2.15. The fourth-order valence-electron chi connectivity index (χ4n) is 1.88. The Morgan fingerprint density at radius 3 is 2.80 bits per heavy atom. The van der Waals surface area contributed by atoms with E-state index in [1.165, 1.54) is 7.11 Å². The summed E-state index contributed by atoms with van der Waals surface area (Å²) < 4.78 is 4.76. The molecule has 100 valence electrons. The highest BCUT2D eigenvalue weighted by molar-refractivity contribution is 5.91. The van der Waals surface area contributed by atoms with Crippen LogP contribution in [0.25, 0.3) is 0 Å². The van der Waals surface area contributed by atoms with Crippen molar-refractivity contribution in [3.63, 3.8) is 0 Å². The van der Waals surface area contributed by atoms with Crippen LogP contribution in [0.3, 0.4) is 0 Å². The van der Waals surface area contributed by atoms with Gasteiger partial charge < -0.3 is 10.1 Å². The first-order chi connectivity index (χ1) is 9.74. The summed E-state index contributed by atoms with van der Waals surface area (Å²) in [6, 6.07) is 16.6. The molecule has 0 spiro atoms. The molecule has 0 aliphatic carbocycles. The first-order valence-corrected chi connectivity index (χ1v) is 6.15. The van der Waals surface area contributed by atoms with Crippen LogP contribution in [0.15, 0.2) is 48.5 Å². The molecule has 4 nitrogen and oxygen atoms in total. The molecule has 2 rings (SSSR count). The minimum Gasteiger partial charge on any atom is -0.465 e. The molecule has 0 bridgehead atoms. The Morgan fingerprint density at radius 2 is 2.05 bits per heavy atom. The van der Waals surface area contributed by atoms with Gasteiger partial charge in [0.2, 0.25) is 0 Å². The number of esters is 1. The Hall–Kier alpha value is -2.80. The standard InChI is InChI=1S/C16H14N2O2/c1-20-16(19)15-8-3-2-6-13(15)11-18-14-7-4-5-12(9-14)10-17/h2-9,18H,11H2,1H3. The van der Waals surface area contributed by atoms with Gasteiger partial charge >= 0.3 is 5.97 Å². The van der Waals surface area contributed by atoms with E-state index in [1.54, 1.807) is 24.3 Å². The monoisotopic (exact) mass is 266 g/mol. The third-order valence-corrected chi connectivity index (χ3v) is 2.90. The van der Waals surface area contributed by atoms with Crippen LogP contribution >= 0.6 is 0 Å². The summed E-state index contributed by atoms with van der Waals surface area (Å²) in [5.74, 6) is -0.354. The van der Waals surface area contributed by atoms with Crippen LogP contribution in [0.5, 0.6) is 0 Å². The number of nitrogens with one attached hydrogen (secondary N) is 1. The maximum atomic E-state index is 11.7. The maximum absolute atomic E-state index is 11.7. The second-order valence-corrected chi connectivity index (χ2v) is 4.19. The SMILES string of the molecule is COC(=O)c1ccccc1CNc1cccc(C#N)c1. The van der Waals surface area contributed by atoms with Crippen molar-refractivity contribution < 1.29 is 9.53 Å². The van der Waals surface area contributed by atoms with Crippen molar-refractivity contribution in [3.05, 3.63) is 65.2 Å². The van der Waals surface area contributed by atoms with Crippen LogP contribution in [-0.2, 0) is 11.3 Å². The van der Waals surface area contributed by atoms with E-state index < -0.39 is 0 Å². The molecule has 2 aromatic rings. The summed E-state index contributed by atoms with van der Waals surface area (Å²) >= 11 is 0. The van der Waals surface area contributed by atoms with Crippen LogP contribution in [0.4, 0.5) is 5.69 Å². The van der Waals surface area contributed by atoms with Gasteiger partial charge in [-0.1, -0.05) is 24.3 Å². The van der Waals surface area contributed by atoms with Gasteiger partial charge in [0.25, 0.3) is 0 Å². The molecular weight excluding hydrogens is 252 g/mol. The van der Waals surface area contributed by atoms with E-state index in [4.69, 9.17) is 10.00 Å². The third-order valence-electron chi connectivity index (χ3n) is 2.90. The Bertz CT molecular complexity index is 660. The van der Waals surface area contributed by atoms with Crippen molar-refractivity contribution in [2.75, 3.05) is 12.4 Å². The molecule has 0 saturated carbocycles. The van der Waals surface area contributed by atoms with E-state index in [1.807, 2.05) is 24.3 Å². The highest BCUT2D eigenvalue weighted by Crippen LogP contribution is 2.14. The zero-order valence-electron chi connectivity index (χ0n) is 11.1. The van der Waals surface area contributed by atoms with Crippen molar-refractivity contribution in [1.82, 2.24) is 0 Å². The number of nitrogens with zero attached hydrogens (tertiary/aromatic N) is 1. The number of anilines is 1. The first kappa shape index (κ1) is 13.6. The number of ether oxygens (including phenoxy) is 1. The average molecular weight is 266 g/mol. The van der Waals surface area contributed by atoms with Crippen molar-refractivity contribution in [3.8, 4) is 6.07 Å². The molecule has 0 aliphatic heterocycles. The molecular formula is C16H14N2O2. The van der Waals surface area contributed by atoms with Gasteiger partial charge in [-0.25, -0.2) is 4.79 Å². The van der Waals surface area contributed by atoms with Crippen LogP contribution in [0.1, 0.15) is 21.5 Å². The van der Waals surface area contributed by atoms with Gasteiger partial charge in [0, 0.05) is 12.2 Å². The number of hydrogen-bond donors (Lipinski definition) is 1. The molecule has 0 heterocycles. The minimum atomic E-state index is -0.354. The van der Waals surface area contributed by atoms with E-state index in [-0.39, 0.29) is 5.97 Å². The van der Waals surface area contributed by atoms with Crippen LogP contribution in [0.2, 0.25) is 0 Å². The van der Waals surface area contributed by atoms with Crippen LogP contribution in [0, 0.1) is 11.3 Å². The van der Waals surface area contributed by atoms with E-state index in [0.717, 1.165) is 11.3 Å². The normalized spacial score (nSPS) is 9.60. The number of benzene rings is 2. The van der Waals surface area contributed by atoms with E-state index in [9.17, 15) is 4.79 Å². The van der Waals surface area contributed by atoms with Gasteiger partial charge in [-0.3, -0.25) is 0 Å². The molecule has 0 amide bonds. The number of nitriles is 1. The lowest BCUT2D eigenvalue weighted by molar-refractivity contribution is 0.0599. The topological polar surface area (TPSA) is 62.1 Å². The summed E-state index contributed by atoms with van der Waals surface area (Å²) in [7, 11) is 1.36. The van der Waals surface area contributed by atoms with Gasteiger partial charge in [-0.2, -0.15) is 5.26 Å². The molecule has 2 aromatic carbocycles. The van der Waals surface area contributed by atoms with Crippen molar-refractivity contribution in [1.29, 1.82) is 5.26 Å². The lowest BCUT2D eigenvalue weighted by Crippen LogP contribution is -2.09. The van der Waals surface area contributed by atoms with E-state index >= 15 is 0 Å². The minimum absolute atomic E-state index is 0.354. The van der Waals surface area contributed by atoms with E-state index in [2.05, 4.69) is 11.4 Å². The van der Waals surface area contributed by atoms with Gasteiger partial charge in [0.05, 0.1) is 24.3 Å². The summed E-state index contributed by atoms with van der Waals surface area (Å²) in [6.07, 6.45) is 0. The smallest absolute Gasteiger partial charge is 0.338 e. The van der Waals surface area contributed by atoms with Gasteiger partial charge in [0.15, 0.2) is 0 Å². The summed E-state index contributed by atoms with van der Waals surface area (Å²) in [6.45, 7) is 0.486. The number of carbonyl (C=O) groups is 1. The molecule has 0 radical (unpaired) electrons. The first-order valence-electron chi connectivity index (χ1n) is 6.15. The lowest BCUT2D eigenvalue weighted by Gasteiger charge is -2.10. The Labute approximate surface area is 117 Å². The fraction of sp³-hybridized carbons (Fsp3) is 0.125. The summed E-state index contributed by atoms with van der Waals surface area (Å²) in [5, 5.41) is 12.1. The number of methoxy groups -OCH3 is 1. The quantitative estimate of drug-likeness (QED) is 0.864. The third kappa shape index (κ3) is 3.15. The van der Waals surface area contributed by atoms with Gasteiger partial charge in [-0.05, 0) is 29.8 Å². The second kappa shape index (κ2) is 6.39. The predicted octanol–water partition coefficient (Wildman–Crippen LogP) is 2.96. The molecule has 0 aromatic heterocycles. The highest BCUT2D eigenvalue weighted by Gasteiger charge is 2.10. The molecule has 0 unspecified atom stereocenters. The maximum Gasteiger partial charge on any atom is 0.338 e. The summed E-state index contributed by atoms with van der Waals surface area (Å²) in [5.41, 5.74) is 2.82. The second-order valence-electron chi connectivity index (χ2n) is 4.19. The fourth-order valence-corrected chi connectivity index (χ4v) is 1.88. The molecule has 0 saturated heterocycles. The van der Waals surface area contributed by atoms with Crippen molar-refractivity contribution in [2.45, 2.75) is 6.54 Å². The zero-order chi connectivity index (χ0) is 14.4. The van der Waals surface area contributed by atoms with Crippen LogP contribution in [-0.4, -0.2) is 13.1 Å². The number of rotatable bonds is 4. The molecule has 0 fully saturated rings. The lowest BCUT2D eigenvalue weighted by atomic mass is 10.1. The number of hydrogen-bond acceptors (Lipinski definition) is 4. The zero-order valence-corrected chi connectivity index (χ0v) is 11.1. The number of carbonyl (C=O) groups excluding carboxylic acids is 1. The van der Waals surface area contributed by atoms with Gasteiger partial charge in [0.1, 0.15) is 0 Å². The average Bonchev–Trinajstić information content (AvgIpc) is 2.52. The molecule has 0 atom stereocenters. The summed E-state index contributed by atoms with van der Waals surface area (Å²) in [4.78, 5) is 11.7. The Kier molecular flexibility index (Phi) is 4.35. The highest BCUT2D eigenvalue weighted by atomic mass is 16.5. The molecule has 4 heteroatoms. The van der Waals surface area contributed by atoms with Gasteiger partial charge in [-0.15, -0.1) is 0 Å². The predicted molar refractivity (Wildman–Crippen MR) is 76.3 cm³/mol. The van der Waals surface area contributed by atoms with Crippen molar-refractivity contribution >= 4 is 11.7 Å². The Morgan fingerprint density at radius 1 is 1.25 bits per heavy atom.